The molecular formula is C8H19NO2Si. The Morgan fingerprint density at radius 2 is 2.00 bits per heavy atom. The summed E-state index contributed by atoms with van der Waals surface area (Å²) in [5, 5.41) is 0. The number of carbonyl (C=O) groups excluding carboxylic acids is 1. The first-order chi connectivity index (χ1) is 5.37. The van der Waals surface area contributed by atoms with Gasteiger partial charge in [0, 0.05) is 0 Å². The van der Waals surface area contributed by atoms with Gasteiger partial charge in [0.15, 0.2) is 0 Å². The van der Waals surface area contributed by atoms with E-state index in [-0.39, 0.29) is 12.0 Å². The summed E-state index contributed by atoms with van der Waals surface area (Å²) in [6.45, 7) is 10.6. The van der Waals surface area contributed by atoms with Crippen LogP contribution < -0.4 is 4.98 Å². The van der Waals surface area contributed by atoms with Crippen LogP contribution in [-0.2, 0) is 9.53 Å². The van der Waals surface area contributed by atoms with Gasteiger partial charge in [0.2, 0.25) is 0 Å². The topological polar surface area (TPSA) is 38.3 Å². The molecule has 1 atom stereocenters. The first kappa shape index (κ1) is 11.6. The molecule has 1 unspecified atom stereocenters. The van der Waals surface area contributed by atoms with Crippen LogP contribution in [0.1, 0.15) is 13.8 Å². The minimum atomic E-state index is -1.36. The molecule has 4 heteroatoms. The zero-order valence-corrected chi connectivity index (χ0v) is 9.60. The van der Waals surface area contributed by atoms with Gasteiger partial charge in [-0.3, -0.25) is 4.79 Å². The fourth-order valence-electron chi connectivity index (χ4n) is 0.976. The van der Waals surface area contributed by atoms with Crippen molar-refractivity contribution in [2.45, 2.75) is 39.5 Å². The second kappa shape index (κ2) is 4.62. The number of ether oxygens (including phenoxy) is 1. The molecule has 12 heavy (non-hydrogen) atoms. The molecule has 3 nitrogen and oxygen atoms in total. The van der Waals surface area contributed by atoms with E-state index in [1.165, 1.54) is 0 Å². The Labute approximate surface area is 75.6 Å². The number of nitrogens with one attached hydrogen (secondary N) is 1. The van der Waals surface area contributed by atoms with Gasteiger partial charge in [-0.25, -0.2) is 0 Å². The molecule has 72 valence electrons. The Hall–Kier alpha value is -0.353. The molecule has 0 amide bonds. The molecule has 0 aliphatic rings. The lowest BCUT2D eigenvalue weighted by Gasteiger charge is -2.22. The van der Waals surface area contributed by atoms with Crippen LogP contribution in [0.5, 0.6) is 0 Å². The van der Waals surface area contributed by atoms with Gasteiger partial charge in [-0.2, -0.15) is 0 Å². The van der Waals surface area contributed by atoms with Gasteiger partial charge >= 0.3 is 5.97 Å². The van der Waals surface area contributed by atoms with E-state index in [1.54, 1.807) is 0 Å². The van der Waals surface area contributed by atoms with Gasteiger partial charge in [0.1, 0.15) is 8.24 Å². The SMILES string of the molecule is CCOC(=O)C(C)N[Si](C)(C)C. The highest BCUT2D eigenvalue weighted by Gasteiger charge is 2.21. The van der Waals surface area contributed by atoms with Crippen molar-refractivity contribution in [3.63, 3.8) is 0 Å². The van der Waals surface area contributed by atoms with Gasteiger partial charge < -0.3 is 9.72 Å². The molecule has 0 bridgehead atoms. The molecule has 0 aliphatic heterocycles. The molecule has 0 heterocycles. The average Bonchev–Trinajstić information content (AvgIpc) is 1.84. The lowest BCUT2D eigenvalue weighted by Crippen LogP contribution is -2.50. The van der Waals surface area contributed by atoms with Crippen LogP contribution >= 0.6 is 0 Å². The second-order valence-corrected chi connectivity index (χ2v) is 8.66. The van der Waals surface area contributed by atoms with Crippen molar-refractivity contribution >= 4 is 14.2 Å². The third-order valence-electron chi connectivity index (χ3n) is 1.29. The maximum Gasteiger partial charge on any atom is 0.322 e. The minimum absolute atomic E-state index is 0.153. The molecule has 0 aromatic rings. The highest BCUT2D eigenvalue weighted by molar-refractivity contribution is 6.73. The Morgan fingerprint density at radius 3 is 2.33 bits per heavy atom. The second-order valence-electron chi connectivity index (χ2n) is 3.87. The van der Waals surface area contributed by atoms with E-state index in [2.05, 4.69) is 24.6 Å². The number of carbonyl (C=O) groups is 1. The summed E-state index contributed by atoms with van der Waals surface area (Å²) >= 11 is 0. The van der Waals surface area contributed by atoms with Crippen molar-refractivity contribution in [3.8, 4) is 0 Å². The molecule has 0 aliphatic carbocycles. The Kier molecular flexibility index (Phi) is 4.48. The fourth-order valence-corrected chi connectivity index (χ4v) is 2.39. The van der Waals surface area contributed by atoms with Crippen molar-refractivity contribution in [3.05, 3.63) is 0 Å². The molecule has 0 fully saturated rings. The predicted molar refractivity (Wildman–Crippen MR) is 52.6 cm³/mol. The molecule has 0 saturated heterocycles. The van der Waals surface area contributed by atoms with Gasteiger partial charge in [-0.1, -0.05) is 19.6 Å². The normalized spacial score (nSPS) is 14.1. The Balaban J connectivity index is 3.87. The third kappa shape index (κ3) is 5.32. The van der Waals surface area contributed by atoms with Crippen molar-refractivity contribution in [2.24, 2.45) is 0 Å². The zero-order valence-electron chi connectivity index (χ0n) is 8.60. The van der Waals surface area contributed by atoms with E-state index in [1.807, 2.05) is 13.8 Å². The van der Waals surface area contributed by atoms with Crippen LogP contribution in [-0.4, -0.2) is 26.9 Å². The third-order valence-corrected chi connectivity index (χ3v) is 2.59. The van der Waals surface area contributed by atoms with Gasteiger partial charge in [0.25, 0.3) is 0 Å². The van der Waals surface area contributed by atoms with Gasteiger partial charge in [-0.15, -0.1) is 0 Å². The van der Waals surface area contributed by atoms with Gasteiger partial charge in [-0.05, 0) is 13.8 Å². The first-order valence-corrected chi connectivity index (χ1v) is 7.81. The summed E-state index contributed by atoms with van der Waals surface area (Å²) < 4.78 is 4.87. The van der Waals surface area contributed by atoms with Crippen molar-refractivity contribution in [2.75, 3.05) is 6.61 Å². The van der Waals surface area contributed by atoms with E-state index in [4.69, 9.17) is 4.74 Å². The van der Waals surface area contributed by atoms with Crippen molar-refractivity contribution < 1.29 is 9.53 Å². The summed E-state index contributed by atoms with van der Waals surface area (Å²) in [5.74, 6) is -0.153. The molecule has 0 aromatic carbocycles. The summed E-state index contributed by atoms with van der Waals surface area (Å²) in [4.78, 5) is 14.4. The summed E-state index contributed by atoms with van der Waals surface area (Å²) in [7, 11) is -1.36. The lowest BCUT2D eigenvalue weighted by atomic mass is 10.4. The molecular weight excluding hydrogens is 170 g/mol. The average molecular weight is 189 g/mol. The molecule has 0 rings (SSSR count). The molecule has 0 saturated carbocycles. The van der Waals surface area contributed by atoms with Crippen molar-refractivity contribution in [1.29, 1.82) is 0 Å². The van der Waals surface area contributed by atoms with E-state index in [0.29, 0.717) is 6.61 Å². The highest BCUT2D eigenvalue weighted by Crippen LogP contribution is 1.98. The van der Waals surface area contributed by atoms with E-state index in [0.717, 1.165) is 0 Å². The largest absolute Gasteiger partial charge is 0.465 e. The Bertz CT molecular complexity index is 154. The van der Waals surface area contributed by atoms with Crippen LogP contribution in [0.25, 0.3) is 0 Å². The molecule has 1 N–H and O–H groups in total. The monoisotopic (exact) mass is 189 g/mol. The summed E-state index contributed by atoms with van der Waals surface area (Å²) in [6, 6.07) is -0.170. The molecule has 0 spiro atoms. The van der Waals surface area contributed by atoms with Crippen molar-refractivity contribution in [1.82, 2.24) is 4.98 Å². The fraction of sp³-hybridized carbons (Fsp3) is 0.875. The maximum atomic E-state index is 11.2. The van der Waals surface area contributed by atoms with E-state index >= 15 is 0 Å². The lowest BCUT2D eigenvalue weighted by molar-refractivity contribution is -0.144. The van der Waals surface area contributed by atoms with Crippen LogP contribution in [0.15, 0.2) is 0 Å². The summed E-state index contributed by atoms with van der Waals surface area (Å²) in [5.41, 5.74) is 0. The van der Waals surface area contributed by atoms with E-state index in [9.17, 15) is 4.79 Å². The Morgan fingerprint density at radius 1 is 1.50 bits per heavy atom. The van der Waals surface area contributed by atoms with Crippen LogP contribution in [0.3, 0.4) is 0 Å². The number of hydrogen-bond acceptors (Lipinski definition) is 3. The molecule has 0 radical (unpaired) electrons. The quantitative estimate of drug-likeness (QED) is 0.536. The van der Waals surface area contributed by atoms with E-state index < -0.39 is 8.24 Å². The molecule has 0 aromatic heterocycles. The highest BCUT2D eigenvalue weighted by atomic mass is 28.3. The predicted octanol–water partition coefficient (Wildman–Crippen LogP) is 1.36. The van der Waals surface area contributed by atoms with Crippen LogP contribution in [0, 0.1) is 0 Å². The number of esters is 1. The maximum absolute atomic E-state index is 11.2. The van der Waals surface area contributed by atoms with Crippen LogP contribution in [0.2, 0.25) is 19.6 Å². The number of rotatable bonds is 4. The minimum Gasteiger partial charge on any atom is -0.465 e. The number of hydrogen-bond donors (Lipinski definition) is 1. The summed E-state index contributed by atoms with van der Waals surface area (Å²) in [6.07, 6.45) is 0. The standard InChI is InChI=1S/C8H19NO2Si/c1-6-11-8(10)7(2)9-12(3,4)5/h7,9H,6H2,1-5H3. The van der Waals surface area contributed by atoms with Gasteiger partial charge in [0.05, 0.1) is 12.6 Å². The first-order valence-electron chi connectivity index (χ1n) is 4.31. The smallest absolute Gasteiger partial charge is 0.322 e. The van der Waals surface area contributed by atoms with Crippen LogP contribution in [0.4, 0.5) is 0 Å². The zero-order chi connectivity index (χ0) is 9.78.